The lowest BCUT2D eigenvalue weighted by atomic mass is 10.1. The van der Waals surface area contributed by atoms with Gasteiger partial charge in [-0.25, -0.2) is 0 Å². The number of nitrogens with one attached hydrogen (secondary N) is 1. The van der Waals surface area contributed by atoms with Crippen LogP contribution >= 0.6 is 0 Å². The van der Waals surface area contributed by atoms with Crippen molar-refractivity contribution in [2.75, 3.05) is 20.1 Å². The summed E-state index contributed by atoms with van der Waals surface area (Å²) in [5.74, 6) is 0. The maximum absolute atomic E-state index is 3.43. The van der Waals surface area contributed by atoms with Gasteiger partial charge in [-0.2, -0.15) is 0 Å². The molecule has 0 saturated carbocycles. The highest BCUT2D eigenvalue weighted by molar-refractivity contribution is 4.80. The molecule has 84 valence electrons. The van der Waals surface area contributed by atoms with Crippen LogP contribution in [0.15, 0.2) is 0 Å². The quantitative estimate of drug-likeness (QED) is 0.745. The molecule has 0 aromatic heterocycles. The van der Waals surface area contributed by atoms with Crippen molar-refractivity contribution in [2.24, 2.45) is 0 Å². The van der Waals surface area contributed by atoms with E-state index in [-0.39, 0.29) is 0 Å². The summed E-state index contributed by atoms with van der Waals surface area (Å²) < 4.78 is 0. The first kappa shape index (κ1) is 12.0. The predicted molar refractivity (Wildman–Crippen MR) is 62.6 cm³/mol. The average Bonchev–Trinajstić information content (AvgIpc) is 2.47. The van der Waals surface area contributed by atoms with Crippen LogP contribution in [0.3, 0.4) is 0 Å². The highest BCUT2D eigenvalue weighted by Crippen LogP contribution is 2.15. The van der Waals surface area contributed by atoms with Gasteiger partial charge in [0.25, 0.3) is 0 Å². The van der Waals surface area contributed by atoms with E-state index in [9.17, 15) is 0 Å². The third-order valence-electron chi connectivity index (χ3n) is 3.61. The molecule has 2 unspecified atom stereocenters. The topological polar surface area (TPSA) is 15.3 Å². The van der Waals surface area contributed by atoms with Crippen LogP contribution in [-0.4, -0.2) is 37.1 Å². The van der Waals surface area contributed by atoms with Crippen molar-refractivity contribution < 1.29 is 0 Å². The highest BCUT2D eigenvalue weighted by Gasteiger charge is 2.21. The van der Waals surface area contributed by atoms with Gasteiger partial charge in [-0.15, -0.1) is 0 Å². The molecular formula is C12H26N2. The van der Waals surface area contributed by atoms with Gasteiger partial charge < -0.3 is 5.32 Å². The van der Waals surface area contributed by atoms with Crippen molar-refractivity contribution in [2.45, 2.75) is 58.0 Å². The molecule has 0 bridgehead atoms. The Morgan fingerprint density at radius 1 is 1.14 bits per heavy atom. The van der Waals surface area contributed by atoms with E-state index in [1.54, 1.807) is 0 Å². The normalized spacial score (nSPS) is 24.2. The molecule has 1 saturated heterocycles. The third kappa shape index (κ3) is 3.25. The van der Waals surface area contributed by atoms with Crippen LogP contribution in [0.1, 0.15) is 46.0 Å². The largest absolute Gasteiger partial charge is 0.315 e. The predicted octanol–water partition coefficient (Wildman–Crippen LogP) is 2.25. The summed E-state index contributed by atoms with van der Waals surface area (Å²) in [5.41, 5.74) is 0. The molecule has 0 aliphatic carbocycles. The van der Waals surface area contributed by atoms with E-state index in [1.165, 1.54) is 45.2 Å². The summed E-state index contributed by atoms with van der Waals surface area (Å²) in [5, 5.41) is 3.43. The molecule has 1 heterocycles. The van der Waals surface area contributed by atoms with Gasteiger partial charge in [0.15, 0.2) is 0 Å². The number of hydrogen-bond acceptors (Lipinski definition) is 2. The van der Waals surface area contributed by atoms with Gasteiger partial charge >= 0.3 is 0 Å². The fourth-order valence-electron chi connectivity index (χ4n) is 2.54. The second kappa shape index (κ2) is 6.41. The minimum absolute atomic E-state index is 0.660. The fraction of sp³-hybridized carbons (Fsp3) is 1.00. The maximum Gasteiger partial charge on any atom is 0.0220 e. The molecule has 2 heteroatoms. The van der Waals surface area contributed by atoms with E-state index in [0.717, 1.165) is 0 Å². The summed E-state index contributed by atoms with van der Waals surface area (Å²) in [7, 11) is 2.09. The standard InChI is InChI=1S/C12H26N2/c1-4-12(13-3)11(2)14-9-7-5-6-8-10-14/h11-13H,4-10H2,1-3H3. The van der Waals surface area contributed by atoms with Crippen molar-refractivity contribution in [3.05, 3.63) is 0 Å². The van der Waals surface area contributed by atoms with Crippen molar-refractivity contribution in [3.63, 3.8) is 0 Å². The van der Waals surface area contributed by atoms with Gasteiger partial charge in [-0.3, -0.25) is 4.90 Å². The van der Waals surface area contributed by atoms with E-state index in [1.807, 2.05) is 0 Å². The lowest BCUT2D eigenvalue weighted by Gasteiger charge is -2.33. The first-order valence-corrected chi connectivity index (χ1v) is 6.21. The fourth-order valence-corrected chi connectivity index (χ4v) is 2.54. The number of hydrogen-bond donors (Lipinski definition) is 1. The molecule has 0 aromatic rings. The Balaban J connectivity index is 2.43. The Bertz CT molecular complexity index is 135. The van der Waals surface area contributed by atoms with E-state index < -0.39 is 0 Å². The van der Waals surface area contributed by atoms with E-state index in [2.05, 4.69) is 31.1 Å². The molecule has 1 aliphatic heterocycles. The molecule has 14 heavy (non-hydrogen) atoms. The molecule has 0 radical (unpaired) electrons. The van der Waals surface area contributed by atoms with Gasteiger partial charge in [0.05, 0.1) is 0 Å². The SMILES string of the molecule is CCC(NC)C(C)N1CCCCCC1. The van der Waals surface area contributed by atoms with Crippen LogP contribution < -0.4 is 5.32 Å². The lowest BCUT2D eigenvalue weighted by Crippen LogP contribution is -2.47. The summed E-state index contributed by atoms with van der Waals surface area (Å²) in [6, 6.07) is 1.36. The molecule has 1 N–H and O–H groups in total. The minimum atomic E-state index is 0.660. The van der Waals surface area contributed by atoms with E-state index in [0.29, 0.717) is 12.1 Å². The Morgan fingerprint density at radius 2 is 1.71 bits per heavy atom. The number of nitrogens with zero attached hydrogens (tertiary/aromatic N) is 1. The molecule has 1 rings (SSSR count). The van der Waals surface area contributed by atoms with Crippen molar-refractivity contribution in [1.82, 2.24) is 10.2 Å². The zero-order valence-electron chi connectivity index (χ0n) is 10.1. The Kier molecular flexibility index (Phi) is 5.49. The van der Waals surface area contributed by atoms with Crippen LogP contribution in [0.5, 0.6) is 0 Å². The van der Waals surface area contributed by atoms with Crippen LogP contribution in [0.25, 0.3) is 0 Å². The smallest absolute Gasteiger partial charge is 0.0220 e. The highest BCUT2D eigenvalue weighted by atomic mass is 15.2. The Morgan fingerprint density at radius 3 is 2.14 bits per heavy atom. The molecule has 1 fully saturated rings. The Hall–Kier alpha value is -0.0800. The van der Waals surface area contributed by atoms with E-state index >= 15 is 0 Å². The first-order valence-electron chi connectivity index (χ1n) is 6.21. The average molecular weight is 198 g/mol. The molecule has 0 amide bonds. The lowest BCUT2D eigenvalue weighted by molar-refractivity contribution is 0.176. The second-order valence-electron chi connectivity index (χ2n) is 4.49. The van der Waals surface area contributed by atoms with Gasteiger partial charge in [-0.05, 0) is 46.3 Å². The van der Waals surface area contributed by atoms with Crippen molar-refractivity contribution in [1.29, 1.82) is 0 Å². The maximum atomic E-state index is 3.43. The molecule has 0 aromatic carbocycles. The number of likely N-dealkylation sites (N-methyl/N-ethyl adjacent to an activating group) is 1. The Labute approximate surface area is 89.1 Å². The van der Waals surface area contributed by atoms with Crippen molar-refractivity contribution >= 4 is 0 Å². The summed E-state index contributed by atoms with van der Waals surface area (Å²) in [6.07, 6.45) is 6.88. The van der Waals surface area contributed by atoms with Crippen LogP contribution in [0.2, 0.25) is 0 Å². The molecular weight excluding hydrogens is 172 g/mol. The molecule has 2 nitrogen and oxygen atoms in total. The van der Waals surface area contributed by atoms with Crippen LogP contribution in [-0.2, 0) is 0 Å². The van der Waals surface area contributed by atoms with Gasteiger partial charge in [0.2, 0.25) is 0 Å². The first-order chi connectivity index (χ1) is 6.79. The van der Waals surface area contributed by atoms with Gasteiger partial charge in [0, 0.05) is 12.1 Å². The second-order valence-corrected chi connectivity index (χ2v) is 4.49. The molecule has 1 aliphatic rings. The molecule has 0 spiro atoms. The zero-order valence-corrected chi connectivity index (χ0v) is 10.1. The number of rotatable bonds is 4. The van der Waals surface area contributed by atoms with Gasteiger partial charge in [0.1, 0.15) is 0 Å². The summed E-state index contributed by atoms with van der Waals surface area (Å²) in [4.78, 5) is 2.66. The summed E-state index contributed by atoms with van der Waals surface area (Å²) in [6.45, 7) is 7.25. The third-order valence-corrected chi connectivity index (χ3v) is 3.61. The summed E-state index contributed by atoms with van der Waals surface area (Å²) >= 11 is 0. The zero-order chi connectivity index (χ0) is 10.4. The van der Waals surface area contributed by atoms with Crippen LogP contribution in [0, 0.1) is 0 Å². The van der Waals surface area contributed by atoms with Crippen LogP contribution in [0.4, 0.5) is 0 Å². The van der Waals surface area contributed by atoms with E-state index in [4.69, 9.17) is 0 Å². The van der Waals surface area contributed by atoms with Crippen molar-refractivity contribution in [3.8, 4) is 0 Å². The van der Waals surface area contributed by atoms with Gasteiger partial charge in [-0.1, -0.05) is 19.8 Å². The molecule has 2 atom stereocenters. The minimum Gasteiger partial charge on any atom is -0.315 e. The number of likely N-dealkylation sites (tertiary alicyclic amines) is 1. The monoisotopic (exact) mass is 198 g/mol.